The third-order valence-electron chi connectivity index (χ3n) is 4.29. The molecule has 1 atom stereocenters. The maximum absolute atomic E-state index is 12.3. The molecule has 8 heteroatoms. The predicted octanol–water partition coefficient (Wildman–Crippen LogP) is 3.95. The van der Waals surface area contributed by atoms with Gasteiger partial charge in [0.05, 0.1) is 23.4 Å². The van der Waals surface area contributed by atoms with E-state index in [0.717, 1.165) is 19.4 Å². The highest BCUT2D eigenvalue weighted by molar-refractivity contribution is 6.36. The third kappa shape index (κ3) is 5.86. The fourth-order valence-corrected chi connectivity index (χ4v) is 3.34. The zero-order valence-corrected chi connectivity index (χ0v) is 16.6. The van der Waals surface area contributed by atoms with Gasteiger partial charge in [0.1, 0.15) is 0 Å². The van der Waals surface area contributed by atoms with Crippen LogP contribution >= 0.6 is 23.2 Å². The van der Waals surface area contributed by atoms with Gasteiger partial charge in [0.25, 0.3) is 5.91 Å². The van der Waals surface area contributed by atoms with Crippen molar-refractivity contribution in [2.24, 2.45) is 0 Å². The minimum Gasteiger partial charge on any atom is -0.376 e. The van der Waals surface area contributed by atoms with E-state index in [1.165, 1.54) is 0 Å². The highest BCUT2D eigenvalue weighted by Gasteiger charge is 2.17. The van der Waals surface area contributed by atoms with E-state index in [1.54, 1.807) is 42.5 Å². The van der Waals surface area contributed by atoms with Crippen molar-refractivity contribution in [2.75, 3.05) is 30.3 Å². The number of amides is 2. The Morgan fingerprint density at radius 1 is 1.14 bits per heavy atom. The number of hydrogen-bond acceptors (Lipinski definition) is 4. The van der Waals surface area contributed by atoms with Gasteiger partial charge in [-0.3, -0.25) is 9.59 Å². The highest BCUT2D eigenvalue weighted by atomic mass is 35.5. The number of rotatable bonds is 7. The number of carbonyl (C=O) groups excluding carboxylic acids is 2. The van der Waals surface area contributed by atoms with Gasteiger partial charge in [0.2, 0.25) is 5.91 Å². The molecule has 0 aliphatic carbocycles. The van der Waals surface area contributed by atoms with Crippen LogP contribution in [-0.2, 0) is 9.53 Å². The van der Waals surface area contributed by atoms with E-state index in [9.17, 15) is 9.59 Å². The van der Waals surface area contributed by atoms with Crippen molar-refractivity contribution in [1.82, 2.24) is 5.32 Å². The van der Waals surface area contributed by atoms with Gasteiger partial charge in [0.15, 0.2) is 0 Å². The molecule has 1 unspecified atom stereocenters. The fourth-order valence-electron chi connectivity index (χ4n) is 2.87. The highest BCUT2D eigenvalue weighted by Crippen LogP contribution is 2.25. The maximum atomic E-state index is 12.3. The Kier molecular flexibility index (Phi) is 7.14. The minimum atomic E-state index is -0.261. The van der Waals surface area contributed by atoms with Gasteiger partial charge >= 0.3 is 0 Å². The first-order valence-electron chi connectivity index (χ1n) is 9.00. The molecule has 1 aliphatic heterocycles. The van der Waals surface area contributed by atoms with Gasteiger partial charge in [-0.2, -0.15) is 0 Å². The number of hydrogen-bond donors (Lipinski definition) is 3. The van der Waals surface area contributed by atoms with Crippen LogP contribution in [0.1, 0.15) is 23.2 Å². The molecule has 1 saturated heterocycles. The molecule has 2 aromatic rings. The molecule has 1 fully saturated rings. The average Bonchev–Trinajstić information content (AvgIpc) is 3.19. The van der Waals surface area contributed by atoms with Crippen molar-refractivity contribution >= 4 is 46.4 Å². The minimum absolute atomic E-state index is 0.0246. The van der Waals surface area contributed by atoms with Crippen molar-refractivity contribution in [3.05, 3.63) is 58.1 Å². The quantitative estimate of drug-likeness (QED) is 0.631. The van der Waals surface area contributed by atoms with Crippen LogP contribution < -0.4 is 16.0 Å². The lowest BCUT2D eigenvalue weighted by atomic mass is 10.1. The Hall–Kier alpha value is -2.28. The van der Waals surface area contributed by atoms with Crippen LogP contribution in [0.25, 0.3) is 0 Å². The molecular weight excluding hydrogens is 401 g/mol. The van der Waals surface area contributed by atoms with Crippen LogP contribution in [0.15, 0.2) is 42.5 Å². The lowest BCUT2D eigenvalue weighted by Gasteiger charge is -2.12. The average molecular weight is 422 g/mol. The Morgan fingerprint density at radius 2 is 2.00 bits per heavy atom. The Labute approximate surface area is 173 Å². The molecule has 6 nitrogen and oxygen atoms in total. The lowest BCUT2D eigenvalue weighted by molar-refractivity contribution is -0.114. The van der Waals surface area contributed by atoms with E-state index in [-0.39, 0.29) is 24.5 Å². The molecule has 1 heterocycles. The monoisotopic (exact) mass is 421 g/mol. The van der Waals surface area contributed by atoms with Crippen LogP contribution in [0.5, 0.6) is 0 Å². The molecule has 3 rings (SSSR count). The van der Waals surface area contributed by atoms with E-state index in [2.05, 4.69) is 16.0 Å². The van der Waals surface area contributed by atoms with Gasteiger partial charge < -0.3 is 20.7 Å². The molecule has 1 aliphatic rings. The summed E-state index contributed by atoms with van der Waals surface area (Å²) in [6.07, 6.45) is 2.07. The molecule has 2 amide bonds. The summed E-state index contributed by atoms with van der Waals surface area (Å²) in [5.74, 6) is -0.458. The normalized spacial score (nSPS) is 15.9. The van der Waals surface area contributed by atoms with Crippen molar-refractivity contribution in [3.8, 4) is 0 Å². The summed E-state index contributed by atoms with van der Waals surface area (Å²) >= 11 is 11.9. The Morgan fingerprint density at radius 3 is 2.75 bits per heavy atom. The van der Waals surface area contributed by atoms with Crippen LogP contribution in [0, 0.1) is 0 Å². The molecule has 0 spiro atoms. The number of nitrogens with one attached hydrogen (secondary N) is 3. The molecule has 148 valence electrons. The van der Waals surface area contributed by atoms with Gasteiger partial charge in [-0.15, -0.1) is 0 Å². The Bertz CT molecular complexity index is 854. The summed E-state index contributed by atoms with van der Waals surface area (Å²) in [6, 6.07) is 11.8. The lowest BCUT2D eigenvalue weighted by Crippen LogP contribution is -2.31. The largest absolute Gasteiger partial charge is 0.376 e. The Balaban J connectivity index is 1.51. The van der Waals surface area contributed by atoms with Gasteiger partial charge in [0, 0.05) is 29.4 Å². The summed E-state index contributed by atoms with van der Waals surface area (Å²) in [7, 11) is 0. The maximum Gasteiger partial charge on any atom is 0.251 e. The summed E-state index contributed by atoms with van der Waals surface area (Å²) in [5.41, 5.74) is 1.63. The second-order valence-corrected chi connectivity index (χ2v) is 7.30. The predicted molar refractivity (Wildman–Crippen MR) is 111 cm³/mol. The molecule has 28 heavy (non-hydrogen) atoms. The summed E-state index contributed by atoms with van der Waals surface area (Å²) in [5, 5.41) is 9.54. The van der Waals surface area contributed by atoms with E-state index in [4.69, 9.17) is 27.9 Å². The SMILES string of the molecule is O=C(CNc1ccc(Cl)cc1Cl)Nc1cccc(C(=O)NCC2CCCO2)c1. The third-order valence-corrected chi connectivity index (χ3v) is 4.84. The van der Waals surface area contributed by atoms with Crippen molar-refractivity contribution in [2.45, 2.75) is 18.9 Å². The number of benzene rings is 2. The van der Waals surface area contributed by atoms with E-state index in [0.29, 0.717) is 33.5 Å². The first-order chi connectivity index (χ1) is 13.5. The second kappa shape index (κ2) is 9.78. The molecule has 2 aromatic carbocycles. The molecule has 0 bridgehead atoms. The van der Waals surface area contributed by atoms with Gasteiger partial charge in [-0.1, -0.05) is 29.3 Å². The first-order valence-corrected chi connectivity index (χ1v) is 9.75. The number of carbonyl (C=O) groups is 2. The molecular formula is C20H21Cl2N3O3. The molecule has 0 radical (unpaired) electrons. The van der Waals surface area contributed by atoms with Crippen molar-refractivity contribution in [1.29, 1.82) is 0 Å². The van der Waals surface area contributed by atoms with Gasteiger partial charge in [-0.25, -0.2) is 0 Å². The van der Waals surface area contributed by atoms with Crippen LogP contribution in [0.2, 0.25) is 10.0 Å². The number of ether oxygens (including phenoxy) is 1. The van der Waals surface area contributed by atoms with Gasteiger partial charge in [-0.05, 0) is 49.2 Å². The fraction of sp³-hybridized carbons (Fsp3) is 0.300. The topological polar surface area (TPSA) is 79.5 Å². The van der Waals surface area contributed by atoms with Crippen LogP contribution in [-0.4, -0.2) is 37.6 Å². The zero-order chi connectivity index (χ0) is 19.9. The number of halogens is 2. The molecule has 3 N–H and O–H groups in total. The smallest absolute Gasteiger partial charge is 0.251 e. The number of anilines is 2. The van der Waals surface area contributed by atoms with E-state index < -0.39 is 0 Å². The van der Waals surface area contributed by atoms with E-state index in [1.807, 2.05) is 0 Å². The van der Waals surface area contributed by atoms with E-state index >= 15 is 0 Å². The summed E-state index contributed by atoms with van der Waals surface area (Å²) < 4.78 is 5.50. The summed E-state index contributed by atoms with van der Waals surface area (Å²) in [6.45, 7) is 1.26. The summed E-state index contributed by atoms with van der Waals surface area (Å²) in [4.78, 5) is 24.5. The molecule has 0 aromatic heterocycles. The zero-order valence-electron chi connectivity index (χ0n) is 15.1. The molecule has 0 saturated carbocycles. The standard InChI is InChI=1S/C20H21Cl2N3O3/c21-14-6-7-18(17(22)10-14)23-12-19(26)25-15-4-1-3-13(9-15)20(27)24-11-16-5-2-8-28-16/h1,3-4,6-7,9-10,16,23H,2,5,8,11-12H2,(H,24,27)(H,25,26). The van der Waals surface area contributed by atoms with Crippen molar-refractivity contribution in [3.63, 3.8) is 0 Å². The first kappa shape index (κ1) is 20.5. The second-order valence-electron chi connectivity index (χ2n) is 6.45. The van der Waals surface area contributed by atoms with Crippen LogP contribution in [0.4, 0.5) is 11.4 Å². The van der Waals surface area contributed by atoms with Crippen molar-refractivity contribution < 1.29 is 14.3 Å². The van der Waals surface area contributed by atoms with Crippen LogP contribution in [0.3, 0.4) is 0 Å².